The summed E-state index contributed by atoms with van der Waals surface area (Å²) in [5, 5.41) is 21.3. The molecule has 2 heterocycles. The molecular weight excluding hydrogens is 440 g/mol. The van der Waals surface area contributed by atoms with Crippen LogP contribution in [-0.4, -0.2) is 34.7 Å². The lowest BCUT2D eigenvalue weighted by atomic mass is 9.71. The van der Waals surface area contributed by atoms with Crippen molar-refractivity contribution in [2.75, 3.05) is 7.11 Å². The highest BCUT2D eigenvalue weighted by molar-refractivity contribution is 6.26. The van der Waals surface area contributed by atoms with E-state index in [1.54, 1.807) is 44.4 Å². The summed E-state index contributed by atoms with van der Waals surface area (Å²) in [7, 11) is 1.55. The van der Waals surface area contributed by atoms with Crippen LogP contribution in [0.4, 0.5) is 0 Å². The number of carbonyl (C=O) groups is 3. The predicted molar refractivity (Wildman–Crippen MR) is 120 cm³/mol. The van der Waals surface area contributed by atoms with Crippen LogP contribution in [0.3, 0.4) is 0 Å². The quantitative estimate of drug-likeness (QED) is 0.524. The van der Waals surface area contributed by atoms with E-state index in [1.807, 2.05) is 0 Å². The predicted octanol–water partition coefficient (Wildman–Crippen LogP) is 3.84. The van der Waals surface area contributed by atoms with E-state index in [9.17, 15) is 24.6 Å². The standard InChI is InChI=1S/C26H20O8/c1-11-21(29)20-24(34-17-10-15(28)18(12(2)27)25(31)26(17,20)3)19-22(30)16(33-23(11)19)9-13-5-7-14(32-4)8-6-13/h5-10,28-29H,1-4H3/b16-9-/t26-/m0/s1. The number of rotatable bonds is 3. The van der Waals surface area contributed by atoms with Crippen molar-refractivity contribution >= 4 is 23.4 Å². The first-order valence-electron chi connectivity index (χ1n) is 10.5. The van der Waals surface area contributed by atoms with Crippen LogP contribution in [-0.2, 0) is 15.0 Å². The first-order chi connectivity index (χ1) is 16.1. The number of benzene rings is 2. The number of hydrogen-bond acceptors (Lipinski definition) is 8. The first-order valence-corrected chi connectivity index (χ1v) is 10.5. The molecule has 0 saturated carbocycles. The Hall–Kier alpha value is -4.33. The Morgan fingerprint density at radius 2 is 1.76 bits per heavy atom. The molecule has 0 radical (unpaired) electrons. The molecule has 0 bridgehead atoms. The molecule has 1 atom stereocenters. The van der Waals surface area contributed by atoms with Gasteiger partial charge in [-0.25, -0.2) is 0 Å². The molecule has 0 aromatic heterocycles. The van der Waals surface area contributed by atoms with Gasteiger partial charge >= 0.3 is 0 Å². The summed E-state index contributed by atoms with van der Waals surface area (Å²) in [5.74, 6) is -1.83. The summed E-state index contributed by atoms with van der Waals surface area (Å²) in [4.78, 5) is 38.8. The Morgan fingerprint density at radius 1 is 1.09 bits per heavy atom. The molecule has 0 saturated heterocycles. The largest absolute Gasteiger partial charge is 0.507 e. The molecule has 34 heavy (non-hydrogen) atoms. The molecule has 8 nitrogen and oxygen atoms in total. The highest BCUT2D eigenvalue weighted by Crippen LogP contribution is 2.59. The molecule has 1 aliphatic carbocycles. The Balaban J connectivity index is 1.67. The minimum absolute atomic E-state index is 0.0125. The average Bonchev–Trinajstić information content (AvgIpc) is 3.27. The number of aliphatic hydroxyl groups is 1. The van der Waals surface area contributed by atoms with Crippen molar-refractivity contribution in [2.24, 2.45) is 0 Å². The Morgan fingerprint density at radius 3 is 2.38 bits per heavy atom. The zero-order valence-electron chi connectivity index (χ0n) is 18.8. The second-order valence-corrected chi connectivity index (χ2v) is 8.48. The highest BCUT2D eigenvalue weighted by Gasteiger charge is 2.56. The summed E-state index contributed by atoms with van der Waals surface area (Å²) >= 11 is 0. The minimum atomic E-state index is -1.59. The Kier molecular flexibility index (Phi) is 4.48. The van der Waals surface area contributed by atoms with Gasteiger partial charge in [0.2, 0.25) is 5.78 Å². The number of Topliss-reactive ketones (excluding diaryl/α,β-unsaturated/α-hetero) is 3. The fourth-order valence-electron chi connectivity index (χ4n) is 4.58. The Labute approximate surface area is 194 Å². The summed E-state index contributed by atoms with van der Waals surface area (Å²) in [5.41, 5.74) is -0.901. The molecule has 172 valence electrons. The van der Waals surface area contributed by atoms with Gasteiger partial charge in [0.1, 0.15) is 45.3 Å². The second-order valence-electron chi connectivity index (χ2n) is 8.48. The molecular formula is C26H20O8. The lowest BCUT2D eigenvalue weighted by molar-refractivity contribution is -0.123. The van der Waals surface area contributed by atoms with E-state index in [2.05, 4.69) is 0 Å². The minimum Gasteiger partial charge on any atom is -0.507 e. The molecule has 2 aromatic rings. The summed E-state index contributed by atoms with van der Waals surface area (Å²) in [6.45, 7) is 4.22. The number of phenolic OH excluding ortho intramolecular Hbond substituents is 1. The zero-order chi connectivity index (χ0) is 24.5. The van der Waals surface area contributed by atoms with Crippen LogP contribution < -0.4 is 14.2 Å². The molecule has 8 heteroatoms. The van der Waals surface area contributed by atoms with Gasteiger partial charge in [0, 0.05) is 11.6 Å². The molecule has 3 aliphatic rings. The topological polar surface area (TPSA) is 119 Å². The number of carbonyl (C=O) groups excluding carboxylic acids is 3. The lowest BCUT2D eigenvalue weighted by Crippen LogP contribution is -2.38. The van der Waals surface area contributed by atoms with Crippen LogP contribution in [0.5, 0.6) is 23.0 Å². The Bertz CT molecular complexity index is 1420. The van der Waals surface area contributed by atoms with Crippen molar-refractivity contribution < 1.29 is 38.8 Å². The molecule has 0 amide bonds. The van der Waals surface area contributed by atoms with Gasteiger partial charge in [-0.3, -0.25) is 14.4 Å². The molecule has 2 aromatic carbocycles. The maximum absolute atomic E-state index is 13.4. The summed E-state index contributed by atoms with van der Waals surface area (Å²) in [6, 6.07) is 7.00. The second kappa shape index (κ2) is 7.08. The third kappa shape index (κ3) is 2.68. The van der Waals surface area contributed by atoms with E-state index in [4.69, 9.17) is 14.2 Å². The maximum atomic E-state index is 13.4. The van der Waals surface area contributed by atoms with Crippen LogP contribution in [0.1, 0.15) is 40.9 Å². The van der Waals surface area contributed by atoms with Gasteiger partial charge in [0.05, 0.1) is 12.7 Å². The average molecular weight is 460 g/mol. The monoisotopic (exact) mass is 460 g/mol. The maximum Gasteiger partial charge on any atom is 0.235 e. The van der Waals surface area contributed by atoms with Gasteiger partial charge in [0.15, 0.2) is 23.1 Å². The van der Waals surface area contributed by atoms with Crippen LogP contribution in [0.15, 0.2) is 53.2 Å². The van der Waals surface area contributed by atoms with E-state index in [0.29, 0.717) is 11.3 Å². The van der Waals surface area contributed by atoms with E-state index in [1.165, 1.54) is 19.9 Å². The van der Waals surface area contributed by atoms with Gasteiger partial charge in [-0.1, -0.05) is 12.1 Å². The number of aliphatic hydroxyl groups excluding tert-OH is 1. The van der Waals surface area contributed by atoms with Crippen LogP contribution in [0, 0.1) is 6.92 Å². The van der Waals surface area contributed by atoms with Crippen molar-refractivity contribution in [3.63, 3.8) is 0 Å². The molecule has 0 unspecified atom stereocenters. The number of ketones is 3. The summed E-state index contributed by atoms with van der Waals surface area (Å²) < 4.78 is 16.9. The van der Waals surface area contributed by atoms with Gasteiger partial charge in [0.25, 0.3) is 0 Å². The van der Waals surface area contributed by atoms with E-state index < -0.39 is 28.5 Å². The number of hydrogen-bond donors (Lipinski definition) is 2. The van der Waals surface area contributed by atoms with Crippen LogP contribution >= 0.6 is 0 Å². The fourth-order valence-corrected chi connectivity index (χ4v) is 4.58. The summed E-state index contributed by atoms with van der Waals surface area (Å²) in [6.07, 6.45) is 2.73. The number of fused-ring (bicyclic) bond motifs is 5. The third-order valence-electron chi connectivity index (χ3n) is 6.45. The van der Waals surface area contributed by atoms with Gasteiger partial charge in [-0.15, -0.1) is 0 Å². The number of allylic oxidation sites excluding steroid dienone is 4. The number of phenols is 1. The van der Waals surface area contributed by atoms with Crippen molar-refractivity contribution in [3.8, 4) is 23.0 Å². The lowest BCUT2D eigenvalue weighted by Gasteiger charge is -2.27. The fraction of sp³-hybridized carbons (Fsp3) is 0.192. The van der Waals surface area contributed by atoms with Crippen molar-refractivity contribution in [2.45, 2.75) is 26.2 Å². The third-order valence-corrected chi connectivity index (χ3v) is 6.45. The number of ether oxygens (including phenoxy) is 3. The van der Waals surface area contributed by atoms with Crippen LogP contribution in [0.25, 0.3) is 6.08 Å². The molecule has 0 fully saturated rings. The number of aromatic hydroxyl groups is 1. The molecule has 2 N–H and O–H groups in total. The molecule has 5 rings (SSSR count). The smallest absolute Gasteiger partial charge is 0.235 e. The van der Waals surface area contributed by atoms with Gasteiger partial charge < -0.3 is 24.4 Å². The zero-order valence-corrected chi connectivity index (χ0v) is 18.8. The van der Waals surface area contributed by atoms with E-state index in [0.717, 1.165) is 0 Å². The number of methoxy groups -OCH3 is 1. The highest BCUT2D eigenvalue weighted by atomic mass is 16.5. The molecule has 2 aliphatic heterocycles. The van der Waals surface area contributed by atoms with Gasteiger partial charge in [-0.2, -0.15) is 0 Å². The van der Waals surface area contributed by atoms with Crippen molar-refractivity contribution in [1.29, 1.82) is 0 Å². The normalized spacial score (nSPS) is 21.5. The van der Waals surface area contributed by atoms with Crippen molar-refractivity contribution in [1.82, 2.24) is 0 Å². The van der Waals surface area contributed by atoms with E-state index in [-0.39, 0.29) is 51.0 Å². The van der Waals surface area contributed by atoms with Gasteiger partial charge in [-0.05, 0) is 44.5 Å². The van der Waals surface area contributed by atoms with Crippen molar-refractivity contribution in [3.05, 3.63) is 75.4 Å². The molecule has 0 spiro atoms. The SMILES string of the molecule is COc1ccc(/C=C2\Oc3c(C)c(O)c4c(c3C2=O)OC2=CC(O)=C(C(C)=O)C(=O)[C@@]24C)cc1. The van der Waals surface area contributed by atoms with Crippen LogP contribution in [0.2, 0.25) is 0 Å². The van der Waals surface area contributed by atoms with E-state index >= 15 is 0 Å². The first kappa shape index (κ1) is 21.5.